The summed E-state index contributed by atoms with van der Waals surface area (Å²) in [7, 11) is 0. The molecular formula is C2H4NaO+. The second-order valence-electron chi connectivity index (χ2n) is 0.236. The van der Waals surface area contributed by atoms with Crippen molar-refractivity contribution < 1.29 is 34.4 Å². The van der Waals surface area contributed by atoms with Crippen molar-refractivity contribution in [3.63, 3.8) is 0 Å². The van der Waals surface area contributed by atoms with Crippen molar-refractivity contribution in [3.05, 3.63) is 0 Å². The molecule has 0 rings (SSSR count). The first-order chi connectivity index (χ1) is 1.41. The Morgan fingerprint density at radius 1 is 1.75 bits per heavy atom. The molecule has 0 aliphatic heterocycles. The van der Waals surface area contributed by atoms with Crippen LogP contribution in [0.15, 0.2) is 0 Å². The van der Waals surface area contributed by atoms with Crippen molar-refractivity contribution in [1.29, 1.82) is 0 Å². The first kappa shape index (κ1) is 8.82. The predicted octanol–water partition coefficient (Wildman–Crippen LogP) is -2.79. The second kappa shape index (κ2) is 9.38. The minimum atomic E-state index is 0. The second-order valence-corrected chi connectivity index (χ2v) is 0.236. The van der Waals surface area contributed by atoms with Gasteiger partial charge in [-0.3, -0.25) is 0 Å². The Labute approximate surface area is 47.7 Å². The van der Waals surface area contributed by atoms with Crippen molar-refractivity contribution in [2.75, 3.05) is 0 Å². The minimum absolute atomic E-state index is 0. The van der Waals surface area contributed by atoms with E-state index in [1.807, 2.05) is 0 Å². The SMILES string of the molecule is CC=O.[Na+]. The van der Waals surface area contributed by atoms with Gasteiger partial charge in [0, 0.05) is 0 Å². The van der Waals surface area contributed by atoms with Gasteiger partial charge in [-0.15, -0.1) is 0 Å². The third kappa shape index (κ3) is 16.6. The first-order valence-electron chi connectivity index (χ1n) is 0.813. The average Bonchev–Trinajstić information content (AvgIpc) is 0.918. The fourth-order valence-corrected chi connectivity index (χ4v) is 0. The third-order valence-electron chi connectivity index (χ3n) is 0. The summed E-state index contributed by atoms with van der Waals surface area (Å²) in [6.07, 6.45) is 0.750. The van der Waals surface area contributed by atoms with Gasteiger partial charge < -0.3 is 4.79 Å². The molecule has 0 aromatic heterocycles. The standard InChI is InChI=1S/C2H4O.Na/c1-2-3;/h2H,1H3;/q;+1. The molecule has 0 aromatic carbocycles. The Balaban J connectivity index is 0. The van der Waals surface area contributed by atoms with E-state index in [4.69, 9.17) is 4.79 Å². The van der Waals surface area contributed by atoms with E-state index in [1.54, 1.807) is 0 Å². The molecule has 0 fully saturated rings. The molecule has 0 amide bonds. The Bertz CT molecular complexity index is 13.5. The molecule has 1 nitrogen and oxygen atoms in total. The predicted molar refractivity (Wildman–Crippen MR) is 11.7 cm³/mol. The molecule has 0 aliphatic rings. The number of hydrogen-bond acceptors (Lipinski definition) is 1. The van der Waals surface area contributed by atoms with Crippen LogP contribution in [0.25, 0.3) is 0 Å². The molecular weight excluding hydrogens is 63.0 g/mol. The Morgan fingerprint density at radius 3 is 1.75 bits per heavy atom. The van der Waals surface area contributed by atoms with Crippen molar-refractivity contribution in [2.24, 2.45) is 0 Å². The van der Waals surface area contributed by atoms with Crippen LogP contribution in [-0.2, 0) is 4.79 Å². The maximum absolute atomic E-state index is 8.81. The van der Waals surface area contributed by atoms with Crippen LogP contribution in [0.3, 0.4) is 0 Å². The van der Waals surface area contributed by atoms with Crippen molar-refractivity contribution in [3.8, 4) is 0 Å². The normalized spacial score (nSPS) is 3.25. The fourth-order valence-electron chi connectivity index (χ4n) is 0. The van der Waals surface area contributed by atoms with Crippen LogP contribution in [0, 0.1) is 0 Å². The number of hydrogen-bond donors (Lipinski definition) is 0. The molecule has 0 unspecified atom stereocenters. The van der Waals surface area contributed by atoms with E-state index in [0.29, 0.717) is 0 Å². The zero-order chi connectivity index (χ0) is 2.71. The fraction of sp³-hybridized carbons (Fsp3) is 0.500. The Kier molecular flexibility index (Phi) is 20.7. The van der Waals surface area contributed by atoms with Gasteiger partial charge in [0.25, 0.3) is 0 Å². The summed E-state index contributed by atoms with van der Waals surface area (Å²) in [6.45, 7) is 1.44. The molecule has 4 heavy (non-hydrogen) atoms. The average molecular weight is 67.0 g/mol. The molecule has 0 bridgehead atoms. The van der Waals surface area contributed by atoms with E-state index >= 15 is 0 Å². The summed E-state index contributed by atoms with van der Waals surface area (Å²) in [5, 5.41) is 0. The van der Waals surface area contributed by atoms with Gasteiger partial charge >= 0.3 is 29.6 Å². The van der Waals surface area contributed by atoms with Crippen LogP contribution in [0.1, 0.15) is 6.92 Å². The van der Waals surface area contributed by atoms with Gasteiger partial charge in [0.15, 0.2) is 0 Å². The van der Waals surface area contributed by atoms with Crippen LogP contribution in [0.4, 0.5) is 0 Å². The zero-order valence-electron chi connectivity index (χ0n) is 2.99. The monoisotopic (exact) mass is 67.0 g/mol. The molecule has 0 N–H and O–H groups in total. The van der Waals surface area contributed by atoms with Crippen LogP contribution < -0.4 is 29.6 Å². The third-order valence-corrected chi connectivity index (χ3v) is 0. The molecule has 0 spiro atoms. The molecule has 0 aromatic rings. The van der Waals surface area contributed by atoms with Gasteiger partial charge in [0.1, 0.15) is 6.29 Å². The molecule has 0 atom stereocenters. The van der Waals surface area contributed by atoms with Gasteiger partial charge in [-0.05, 0) is 6.92 Å². The Hall–Kier alpha value is 0.670. The molecule has 2 heteroatoms. The van der Waals surface area contributed by atoms with E-state index in [-0.39, 0.29) is 29.6 Å². The van der Waals surface area contributed by atoms with E-state index < -0.39 is 0 Å². The maximum atomic E-state index is 8.81. The molecule has 18 valence electrons. The van der Waals surface area contributed by atoms with E-state index in [2.05, 4.69) is 0 Å². The van der Waals surface area contributed by atoms with Crippen LogP contribution in [0.5, 0.6) is 0 Å². The van der Waals surface area contributed by atoms with Crippen molar-refractivity contribution in [2.45, 2.75) is 6.92 Å². The van der Waals surface area contributed by atoms with Gasteiger partial charge in [0.05, 0.1) is 0 Å². The first-order valence-corrected chi connectivity index (χ1v) is 0.813. The van der Waals surface area contributed by atoms with E-state index in [1.165, 1.54) is 6.92 Å². The quantitative estimate of drug-likeness (QED) is 0.221. The van der Waals surface area contributed by atoms with Gasteiger partial charge in [-0.25, -0.2) is 0 Å². The zero-order valence-corrected chi connectivity index (χ0v) is 4.99. The van der Waals surface area contributed by atoms with Gasteiger partial charge in [-0.2, -0.15) is 0 Å². The summed E-state index contributed by atoms with van der Waals surface area (Å²) < 4.78 is 0. The molecule has 0 saturated heterocycles. The summed E-state index contributed by atoms with van der Waals surface area (Å²) >= 11 is 0. The topological polar surface area (TPSA) is 17.1 Å². The van der Waals surface area contributed by atoms with Crippen LogP contribution in [-0.4, -0.2) is 6.29 Å². The smallest absolute Gasteiger partial charge is 0.304 e. The maximum Gasteiger partial charge on any atom is 1.00 e. The van der Waals surface area contributed by atoms with Crippen molar-refractivity contribution >= 4 is 6.29 Å². The molecule has 0 radical (unpaired) electrons. The van der Waals surface area contributed by atoms with Gasteiger partial charge in [0.2, 0.25) is 0 Å². The summed E-state index contributed by atoms with van der Waals surface area (Å²) in [6, 6.07) is 0. The molecule has 0 heterocycles. The number of aldehydes is 1. The van der Waals surface area contributed by atoms with E-state index in [9.17, 15) is 0 Å². The van der Waals surface area contributed by atoms with E-state index in [0.717, 1.165) is 6.29 Å². The minimum Gasteiger partial charge on any atom is -0.304 e. The summed E-state index contributed by atoms with van der Waals surface area (Å²) in [5.74, 6) is 0. The van der Waals surface area contributed by atoms with Crippen molar-refractivity contribution in [1.82, 2.24) is 0 Å². The van der Waals surface area contributed by atoms with Crippen LogP contribution in [0.2, 0.25) is 0 Å². The number of rotatable bonds is 0. The molecule has 0 aliphatic carbocycles. The largest absolute Gasteiger partial charge is 1.00 e. The summed E-state index contributed by atoms with van der Waals surface area (Å²) in [5.41, 5.74) is 0. The van der Waals surface area contributed by atoms with Crippen LogP contribution >= 0.6 is 0 Å². The summed E-state index contributed by atoms with van der Waals surface area (Å²) in [4.78, 5) is 8.81. The van der Waals surface area contributed by atoms with Gasteiger partial charge in [-0.1, -0.05) is 0 Å². The molecule has 0 saturated carbocycles. The Morgan fingerprint density at radius 2 is 1.75 bits per heavy atom. The number of carbonyl (C=O) groups is 1. The number of carbonyl (C=O) groups excluding carboxylic acids is 1.